The number of halogens is 3. The van der Waals surface area contributed by atoms with Crippen LogP contribution in [0.5, 0.6) is 6.01 Å². The van der Waals surface area contributed by atoms with Crippen molar-refractivity contribution in [2.75, 3.05) is 11.9 Å². The summed E-state index contributed by atoms with van der Waals surface area (Å²) in [5.41, 5.74) is -0.513. The van der Waals surface area contributed by atoms with Crippen molar-refractivity contribution < 1.29 is 17.9 Å². The molecular weight excluding hydrogens is 285 g/mol. The number of aromatic nitrogens is 3. The molecule has 1 aromatic heterocycles. The van der Waals surface area contributed by atoms with Crippen LogP contribution in [0.15, 0.2) is 24.3 Å². The number of rotatable bonds is 4. The van der Waals surface area contributed by atoms with E-state index < -0.39 is 11.7 Å². The molecule has 0 saturated heterocycles. The molecule has 0 bridgehead atoms. The lowest BCUT2D eigenvalue weighted by molar-refractivity contribution is -0.137. The van der Waals surface area contributed by atoms with E-state index in [1.54, 1.807) is 13.8 Å². The Morgan fingerprint density at radius 3 is 2.62 bits per heavy atom. The molecule has 0 saturated carbocycles. The Kier molecular flexibility index (Phi) is 4.25. The lowest BCUT2D eigenvalue weighted by Gasteiger charge is -2.10. The van der Waals surface area contributed by atoms with Gasteiger partial charge < -0.3 is 10.1 Å². The van der Waals surface area contributed by atoms with Crippen molar-refractivity contribution in [2.45, 2.75) is 20.0 Å². The van der Waals surface area contributed by atoms with Gasteiger partial charge in [0.25, 0.3) is 0 Å². The summed E-state index contributed by atoms with van der Waals surface area (Å²) >= 11 is 0. The molecule has 0 aliphatic rings. The number of nitrogens with zero attached hydrogens (tertiary/aromatic N) is 3. The fourth-order valence-corrected chi connectivity index (χ4v) is 1.61. The van der Waals surface area contributed by atoms with Crippen LogP contribution in [0.1, 0.15) is 18.3 Å². The predicted octanol–water partition coefficient (Wildman–Crippen LogP) is 3.34. The van der Waals surface area contributed by atoms with Crippen molar-refractivity contribution in [1.29, 1.82) is 0 Å². The Bertz CT molecular complexity index is 631. The Labute approximate surface area is 119 Å². The normalized spacial score (nSPS) is 11.3. The predicted molar refractivity (Wildman–Crippen MR) is 70.5 cm³/mol. The van der Waals surface area contributed by atoms with Gasteiger partial charge >= 0.3 is 12.2 Å². The third-order valence-electron chi connectivity index (χ3n) is 2.45. The van der Waals surface area contributed by atoms with Gasteiger partial charge in [-0.1, -0.05) is 6.07 Å². The summed E-state index contributed by atoms with van der Waals surface area (Å²) in [5, 5.41) is 2.71. The lowest BCUT2D eigenvalue weighted by atomic mass is 10.2. The van der Waals surface area contributed by atoms with Crippen LogP contribution in [0.2, 0.25) is 0 Å². The molecule has 21 heavy (non-hydrogen) atoms. The first-order valence-electron chi connectivity index (χ1n) is 6.18. The molecule has 2 aromatic rings. The molecule has 1 aromatic carbocycles. The van der Waals surface area contributed by atoms with E-state index >= 15 is 0 Å². The number of aryl methyl sites for hydroxylation is 1. The zero-order valence-corrected chi connectivity index (χ0v) is 11.4. The van der Waals surface area contributed by atoms with E-state index in [1.807, 2.05) is 0 Å². The molecule has 0 spiro atoms. The average molecular weight is 298 g/mol. The van der Waals surface area contributed by atoms with Gasteiger partial charge in [0.05, 0.1) is 12.2 Å². The molecule has 1 heterocycles. The van der Waals surface area contributed by atoms with E-state index in [2.05, 4.69) is 20.3 Å². The fraction of sp³-hybridized carbons (Fsp3) is 0.308. The van der Waals surface area contributed by atoms with Crippen LogP contribution in [-0.4, -0.2) is 21.6 Å². The summed E-state index contributed by atoms with van der Waals surface area (Å²) in [6.45, 7) is 3.80. The molecule has 5 nitrogen and oxygen atoms in total. The molecule has 0 aliphatic heterocycles. The maximum Gasteiger partial charge on any atom is 0.416 e. The van der Waals surface area contributed by atoms with E-state index in [0.717, 1.165) is 12.1 Å². The highest BCUT2D eigenvalue weighted by atomic mass is 19.4. The van der Waals surface area contributed by atoms with Crippen LogP contribution in [0.25, 0.3) is 0 Å². The van der Waals surface area contributed by atoms with Crippen LogP contribution in [0.4, 0.5) is 24.8 Å². The molecule has 0 radical (unpaired) electrons. The largest absolute Gasteiger partial charge is 0.464 e. The zero-order chi connectivity index (χ0) is 15.5. The second-order valence-electron chi connectivity index (χ2n) is 4.13. The monoisotopic (exact) mass is 298 g/mol. The first-order valence-corrected chi connectivity index (χ1v) is 6.18. The first-order chi connectivity index (χ1) is 9.88. The maximum atomic E-state index is 12.6. The van der Waals surface area contributed by atoms with Gasteiger partial charge in [-0.25, -0.2) is 0 Å². The number of hydrogen-bond acceptors (Lipinski definition) is 5. The molecule has 112 valence electrons. The standard InChI is InChI=1S/C13H13F3N4O/c1-3-21-12-18-8(2)17-11(20-12)19-10-6-4-5-9(7-10)13(14,15)16/h4-7H,3H2,1-2H3,(H,17,18,19,20). The number of hydrogen-bond donors (Lipinski definition) is 1. The summed E-state index contributed by atoms with van der Waals surface area (Å²) in [4.78, 5) is 11.9. The van der Waals surface area contributed by atoms with E-state index in [-0.39, 0.29) is 17.6 Å². The third-order valence-corrected chi connectivity index (χ3v) is 2.45. The molecule has 1 N–H and O–H groups in total. The summed E-state index contributed by atoms with van der Waals surface area (Å²) in [5.74, 6) is 0.535. The first kappa shape index (κ1) is 15.0. The van der Waals surface area contributed by atoms with Gasteiger partial charge in [-0.05, 0) is 32.0 Å². The summed E-state index contributed by atoms with van der Waals surface area (Å²) in [6.07, 6.45) is -4.40. The lowest BCUT2D eigenvalue weighted by Crippen LogP contribution is -2.07. The van der Waals surface area contributed by atoms with Crippen LogP contribution in [-0.2, 0) is 6.18 Å². The number of alkyl halides is 3. The van der Waals surface area contributed by atoms with Gasteiger partial charge in [0, 0.05) is 5.69 Å². The van der Waals surface area contributed by atoms with Crippen molar-refractivity contribution in [1.82, 2.24) is 15.0 Å². The van der Waals surface area contributed by atoms with Crippen molar-refractivity contribution in [3.05, 3.63) is 35.7 Å². The zero-order valence-electron chi connectivity index (χ0n) is 11.4. The third kappa shape index (κ3) is 4.04. The minimum atomic E-state index is -4.40. The Balaban J connectivity index is 2.26. The van der Waals surface area contributed by atoms with Gasteiger partial charge in [-0.15, -0.1) is 0 Å². The molecule has 0 atom stereocenters. The number of benzene rings is 1. The van der Waals surface area contributed by atoms with Crippen molar-refractivity contribution >= 4 is 11.6 Å². The minimum absolute atomic E-state index is 0.125. The SMILES string of the molecule is CCOc1nc(C)nc(Nc2cccc(C(F)(F)F)c2)n1. The highest BCUT2D eigenvalue weighted by Gasteiger charge is 2.30. The minimum Gasteiger partial charge on any atom is -0.464 e. The van der Waals surface area contributed by atoms with Gasteiger partial charge in [0.1, 0.15) is 5.82 Å². The average Bonchev–Trinajstić information content (AvgIpc) is 2.37. The summed E-state index contributed by atoms with van der Waals surface area (Å²) in [7, 11) is 0. The smallest absolute Gasteiger partial charge is 0.416 e. The van der Waals surface area contributed by atoms with Crippen LogP contribution >= 0.6 is 0 Å². The highest BCUT2D eigenvalue weighted by molar-refractivity contribution is 5.54. The molecule has 0 fully saturated rings. The molecule has 0 aliphatic carbocycles. The van der Waals surface area contributed by atoms with Crippen molar-refractivity contribution in [2.24, 2.45) is 0 Å². The van der Waals surface area contributed by atoms with E-state index in [1.165, 1.54) is 12.1 Å². The van der Waals surface area contributed by atoms with Gasteiger partial charge in [0.15, 0.2) is 0 Å². The van der Waals surface area contributed by atoms with E-state index in [9.17, 15) is 13.2 Å². The van der Waals surface area contributed by atoms with Crippen LogP contribution in [0, 0.1) is 6.92 Å². The second kappa shape index (κ2) is 5.94. The molecule has 0 unspecified atom stereocenters. The molecular formula is C13H13F3N4O. The highest BCUT2D eigenvalue weighted by Crippen LogP contribution is 2.31. The van der Waals surface area contributed by atoms with Gasteiger partial charge in [-0.2, -0.15) is 28.1 Å². The molecule has 2 rings (SSSR count). The second-order valence-corrected chi connectivity index (χ2v) is 4.13. The number of anilines is 2. The molecule has 0 amide bonds. The number of nitrogens with one attached hydrogen (secondary N) is 1. The molecule has 8 heteroatoms. The topological polar surface area (TPSA) is 59.9 Å². The fourth-order valence-electron chi connectivity index (χ4n) is 1.61. The van der Waals surface area contributed by atoms with Gasteiger partial charge in [0.2, 0.25) is 5.95 Å². The van der Waals surface area contributed by atoms with Crippen molar-refractivity contribution in [3.63, 3.8) is 0 Å². The van der Waals surface area contributed by atoms with E-state index in [0.29, 0.717) is 12.4 Å². The summed E-state index contributed by atoms with van der Waals surface area (Å²) in [6, 6.07) is 4.91. The van der Waals surface area contributed by atoms with Crippen molar-refractivity contribution in [3.8, 4) is 6.01 Å². The summed E-state index contributed by atoms with van der Waals surface area (Å²) < 4.78 is 43.1. The quantitative estimate of drug-likeness (QED) is 0.938. The van der Waals surface area contributed by atoms with E-state index in [4.69, 9.17) is 4.74 Å². The Hall–Kier alpha value is -2.38. The van der Waals surface area contributed by atoms with Crippen LogP contribution in [0.3, 0.4) is 0 Å². The van der Waals surface area contributed by atoms with Crippen LogP contribution < -0.4 is 10.1 Å². The number of ether oxygens (including phenoxy) is 1. The maximum absolute atomic E-state index is 12.6. The Morgan fingerprint density at radius 2 is 1.95 bits per heavy atom. The Morgan fingerprint density at radius 1 is 1.19 bits per heavy atom. The van der Waals surface area contributed by atoms with Gasteiger partial charge in [-0.3, -0.25) is 0 Å².